The Labute approximate surface area is 150 Å². The van der Waals surface area contributed by atoms with Gasteiger partial charge in [-0.2, -0.15) is 0 Å². The minimum atomic E-state index is -0.0900. The number of carbonyl (C=O) groups is 1. The van der Waals surface area contributed by atoms with Crippen molar-refractivity contribution in [1.82, 2.24) is 14.8 Å². The highest BCUT2D eigenvalue weighted by atomic mass is 16.5. The molecule has 1 amide bonds. The Balaban J connectivity index is 1.67. The fraction of sp³-hybridized carbons (Fsp3) is 0.684. The van der Waals surface area contributed by atoms with Crippen molar-refractivity contribution in [1.29, 1.82) is 0 Å². The van der Waals surface area contributed by atoms with E-state index in [9.17, 15) is 4.79 Å². The molecule has 0 bridgehead atoms. The first kappa shape index (κ1) is 18.3. The molecule has 2 aliphatic rings. The second-order valence-corrected chi connectivity index (χ2v) is 7.41. The maximum Gasteiger partial charge on any atom is 0.272 e. The van der Waals surface area contributed by atoms with Crippen LogP contribution in [0, 0.1) is 5.41 Å². The molecule has 2 fully saturated rings. The van der Waals surface area contributed by atoms with Crippen LogP contribution >= 0.6 is 0 Å². The van der Waals surface area contributed by atoms with Crippen LogP contribution in [0.4, 0.5) is 0 Å². The van der Waals surface area contributed by atoms with Gasteiger partial charge in [0.05, 0.1) is 19.3 Å². The Kier molecular flexibility index (Phi) is 6.04. The molecule has 25 heavy (non-hydrogen) atoms. The molecule has 0 unspecified atom stereocenters. The van der Waals surface area contributed by atoms with Gasteiger partial charge in [0.1, 0.15) is 5.69 Å². The van der Waals surface area contributed by atoms with Crippen molar-refractivity contribution in [3.63, 3.8) is 0 Å². The minimum absolute atomic E-state index is 0.0114. The van der Waals surface area contributed by atoms with Crippen LogP contribution in [0.3, 0.4) is 0 Å². The zero-order valence-corrected chi connectivity index (χ0v) is 15.3. The number of rotatable bonds is 6. The van der Waals surface area contributed by atoms with Gasteiger partial charge in [-0.05, 0) is 45.5 Å². The van der Waals surface area contributed by atoms with Gasteiger partial charge in [-0.15, -0.1) is 0 Å². The summed E-state index contributed by atoms with van der Waals surface area (Å²) >= 11 is 0. The first-order valence-electron chi connectivity index (χ1n) is 9.15. The van der Waals surface area contributed by atoms with Gasteiger partial charge in [0, 0.05) is 37.9 Å². The van der Waals surface area contributed by atoms with E-state index in [1.807, 2.05) is 31.1 Å². The molecular formula is C19H29N3O3. The number of piperidine rings is 1. The molecule has 1 aromatic heterocycles. The van der Waals surface area contributed by atoms with Crippen LogP contribution < -0.4 is 0 Å². The fourth-order valence-corrected chi connectivity index (χ4v) is 3.85. The SMILES string of the molecule is CN(C)CCOC[C@]12CCCO[C@H]1CCN(C(=O)c1ccccn1)C2. The number of fused-ring (bicyclic) bond motifs is 1. The molecule has 0 spiro atoms. The van der Waals surface area contributed by atoms with E-state index in [-0.39, 0.29) is 17.4 Å². The molecule has 0 N–H and O–H groups in total. The molecule has 6 heteroatoms. The predicted octanol–water partition coefficient (Wildman–Crippen LogP) is 1.67. The lowest BCUT2D eigenvalue weighted by molar-refractivity contribution is -0.147. The van der Waals surface area contributed by atoms with Gasteiger partial charge in [0.2, 0.25) is 0 Å². The molecule has 0 saturated carbocycles. The lowest BCUT2D eigenvalue weighted by Gasteiger charge is -2.50. The van der Waals surface area contributed by atoms with Crippen LogP contribution in [0.1, 0.15) is 29.8 Å². The third kappa shape index (κ3) is 4.37. The summed E-state index contributed by atoms with van der Waals surface area (Å²) in [5.41, 5.74) is 0.425. The van der Waals surface area contributed by atoms with Gasteiger partial charge < -0.3 is 19.3 Å². The van der Waals surface area contributed by atoms with Crippen molar-refractivity contribution in [2.45, 2.75) is 25.4 Å². The summed E-state index contributed by atoms with van der Waals surface area (Å²) in [6, 6.07) is 5.47. The average molecular weight is 347 g/mol. The van der Waals surface area contributed by atoms with E-state index in [1.165, 1.54) is 0 Å². The van der Waals surface area contributed by atoms with Crippen molar-refractivity contribution in [2.24, 2.45) is 5.41 Å². The zero-order chi connectivity index (χ0) is 17.7. The highest BCUT2D eigenvalue weighted by molar-refractivity contribution is 5.92. The Hall–Kier alpha value is -1.50. The Morgan fingerprint density at radius 3 is 3.12 bits per heavy atom. The van der Waals surface area contributed by atoms with E-state index in [2.05, 4.69) is 9.88 Å². The molecule has 2 saturated heterocycles. The van der Waals surface area contributed by atoms with Gasteiger partial charge >= 0.3 is 0 Å². The first-order valence-corrected chi connectivity index (χ1v) is 9.15. The summed E-state index contributed by atoms with van der Waals surface area (Å²) in [6.45, 7) is 4.48. The fourth-order valence-electron chi connectivity index (χ4n) is 3.85. The second kappa shape index (κ2) is 8.25. The zero-order valence-electron chi connectivity index (χ0n) is 15.3. The van der Waals surface area contributed by atoms with Gasteiger partial charge in [0.15, 0.2) is 0 Å². The number of likely N-dealkylation sites (tertiary alicyclic amines) is 1. The third-order valence-electron chi connectivity index (χ3n) is 5.23. The Bertz CT molecular complexity index is 566. The molecular weight excluding hydrogens is 318 g/mol. The molecule has 3 rings (SSSR count). The molecule has 138 valence electrons. The van der Waals surface area contributed by atoms with Crippen LogP contribution in [0.15, 0.2) is 24.4 Å². The number of hydrogen-bond acceptors (Lipinski definition) is 5. The summed E-state index contributed by atoms with van der Waals surface area (Å²) in [5.74, 6) is 0.0114. The second-order valence-electron chi connectivity index (χ2n) is 7.41. The predicted molar refractivity (Wildman–Crippen MR) is 95.5 cm³/mol. The van der Waals surface area contributed by atoms with Crippen LogP contribution in [-0.4, -0.2) is 80.3 Å². The van der Waals surface area contributed by atoms with Crippen LogP contribution in [0.25, 0.3) is 0 Å². The molecule has 6 nitrogen and oxygen atoms in total. The van der Waals surface area contributed by atoms with Crippen molar-refractivity contribution in [3.8, 4) is 0 Å². The van der Waals surface area contributed by atoms with Crippen molar-refractivity contribution in [3.05, 3.63) is 30.1 Å². The maximum absolute atomic E-state index is 12.8. The van der Waals surface area contributed by atoms with Crippen LogP contribution in [0.5, 0.6) is 0 Å². The van der Waals surface area contributed by atoms with E-state index in [0.717, 1.165) is 39.0 Å². The number of aromatic nitrogens is 1. The molecule has 0 aromatic carbocycles. The number of amides is 1. The van der Waals surface area contributed by atoms with Gasteiger partial charge in [-0.1, -0.05) is 6.07 Å². The third-order valence-corrected chi connectivity index (χ3v) is 5.23. The quantitative estimate of drug-likeness (QED) is 0.733. The molecule has 1 aromatic rings. The van der Waals surface area contributed by atoms with Crippen LogP contribution in [0.2, 0.25) is 0 Å². The van der Waals surface area contributed by atoms with E-state index < -0.39 is 0 Å². The van der Waals surface area contributed by atoms with Crippen LogP contribution in [-0.2, 0) is 9.47 Å². The summed E-state index contributed by atoms with van der Waals surface area (Å²) in [4.78, 5) is 21.1. The highest BCUT2D eigenvalue weighted by Crippen LogP contribution is 2.40. The molecule has 3 heterocycles. The smallest absolute Gasteiger partial charge is 0.272 e. The largest absolute Gasteiger partial charge is 0.379 e. The topological polar surface area (TPSA) is 54.9 Å². The number of likely N-dealkylation sites (N-methyl/N-ethyl adjacent to an activating group) is 1. The Morgan fingerprint density at radius 2 is 2.36 bits per heavy atom. The van der Waals surface area contributed by atoms with Gasteiger partial charge in [0.25, 0.3) is 5.91 Å². The molecule has 0 aliphatic carbocycles. The van der Waals surface area contributed by atoms with Crippen molar-refractivity contribution < 1.29 is 14.3 Å². The van der Waals surface area contributed by atoms with Crippen molar-refractivity contribution in [2.75, 3.05) is 53.6 Å². The average Bonchev–Trinajstić information content (AvgIpc) is 2.65. The standard InChI is InChI=1S/C19H29N3O3/c1-21(2)11-13-24-15-19-8-5-12-25-17(19)7-10-22(14-19)18(23)16-6-3-4-9-20-16/h3-4,6,9,17H,5,7-8,10-15H2,1-2H3/t17-,19+/m0/s1. The number of hydrogen-bond donors (Lipinski definition) is 0. The number of pyridine rings is 1. The lowest BCUT2D eigenvalue weighted by Crippen LogP contribution is -2.58. The lowest BCUT2D eigenvalue weighted by atomic mass is 9.73. The number of ether oxygens (including phenoxy) is 2. The van der Waals surface area contributed by atoms with E-state index in [4.69, 9.17) is 9.47 Å². The van der Waals surface area contributed by atoms with Crippen molar-refractivity contribution >= 4 is 5.91 Å². The van der Waals surface area contributed by atoms with E-state index in [1.54, 1.807) is 12.3 Å². The molecule has 0 radical (unpaired) electrons. The summed E-state index contributed by atoms with van der Waals surface area (Å²) in [6.07, 6.45) is 4.80. The van der Waals surface area contributed by atoms with E-state index in [0.29, 0.717) is 25.5 Å². The highest BCUT2D eigenvalue weighted by Gasteiger charge is 2.47. The monoisotopic (exact) mass is 347 g/mol. The summed E-state index contributed by atoms with van der Waals surface area (Å²) in [7, 11) is 4.09. The maximum atomic E-state index is 12.8. The first-order chi connectivity index (χ1) is 12.1. The van der Waals surface area contributed by atoms with Gasteiger partial charge in [-0.25, -0.2) is 0 Å². The number of nitrogens with zero attached hydrogens (tertiary/aromatic N) is 3. The normalized spacial score (nSPS) is 26.5. The molecule has 2 atom stereocenters. The summed E-state index contributed by atoms with van der Waals surface area (Å²) < 4.78 is 12.1. The number of carbonyl (C=O) groups excluding carboxylic acids is 1. The summed E-state index contributed by atoms with van der Waals surface area (Å²) in [5, 5.41) is 0. The Morgan fingerprint density at radius 1 is 1.48 bits per heavy atom. The molecule has 2 aliphatic heterocycles. The van der Waals surface area contributed by atoms with E-state index >= 15 is 0 Å². The van der Waals surface area contributed by atoms with Gasteiger partial charge in [-0.3, -0.25) is 9.78 Å². The minimum Gasteiger partial charge on any atom is -0.379 e.